The van der Waals surface area contributed by atoms with Crippen LogP contribution in [0.2, 0.25) is 5.02 Å². The highest BCUT2D eigenvalue weighted by Crippen LogP contribution is 2.44. The van der Waals surface area contributed by atoms with Crippen molar-refractivity contribution in [2.45, 2.75) is 31.1 Å². The van der Waals surface area contributed by atoms with Crippen molar-refractivity contribution in [1.82, 2.24) is 0 Å². The fraction of sp³-hybridized carbons (Fsp3) is 0.417. The third kappa shape index (κ3) is 1.87. The second-order valence-corrected chi connectivity index (χ2v) is 5.54. The van der Waals surface area contributed by atoms with E-state index in [0.29, 0.717) is 17.9 Å². The molecule has 1 N–H and O–H groups in total. The zero-order valence-corrected chi connectivity index (χ0v) is 11.0. The fourth-order valence-corrected chi connectivity index (χ4v) is 3.31. The summed E-state index contributed by atoms with van der Waals surface area (Å²) in [6.45, 7) is 0. The molecule has 1 aliphatic carbocycles. The Hall–Kier alpha value is -0.540. The van der Waals surface area contributed by atoms with E-state index in [2.05, 4.69) is 15.9 Å². The first kappa shape index (κ1) is 11.9. The minimum Gasteiger partial charge on any atom is -0.481 e. The van der Waals surface area contributed by atoms with Gasteiger partial charge in [-0.25, -0.2) is 0 Å². The van der Waals surface area contributed by atoms with Gasteiger partial charge in [0.2, 0.25) is 0 Å². The average molecular weight is 304 g/mol. The number of halogens is 2. The Kier molecular flexibility index (Phi) is 3.27. The van der Waals surface area contributed by atoms with Gasteiger partial charge in [0.25, 0.3) is 0 Å². The summed E-state index contributed by atoms with van der Waals surface area (Å²) in [6.07, 6.45) is 3.28. The molecule has 0 unspecified atom stereocenters. The monoisotopic (exact) mass is 302 g/mol. The van der Waals surface area contributed by atoms with Gasteiger partial charge in [-0.05, 0) is 30.5 Å². The largest absolute Gasteiger partial charge is 0.481 e. The van der Waals surface area contributed by atoms with Gasteiger partial charge in [-0.1, -0.05) is 46.4 Å². The highest BCUT2D eigenvalue weighted by Gasteiger charge is 2.44. The molecule has 2 nitrogen and oxygen atoms in total. The summed E-state index contributed by atoms with van der Waals surface area (Å²) in [4.78, 5) is 11.5. The van der Waals surface area contributed by atoms with Crippen LogP contribution in [0.15, 0.2) is 22.7 Å². The second kappa shape index (κ2) is 4.38. The first-order valence-corrected chi connectivity index (χ1v) is 6.42. The highest BCUT2D eigenvalue weighted by atomic mass is 79.9. The number of carbonyl (C=O) groups is 1. The molecule has 1 aliphatic rings. The maximum Gasteiger partial charge on any atom is 0.314 e. The van der Waals surface area contributed by atoms with Crippen molar-refractivity contribution in [3.63, 3.8) is 0 Å². The third-order valence-corrected chi connectivity index (χ3v) is 4.12. The molecule has 0 radical (unpaired) electrons. The average Bonchev–Trinajstić information content (AvgIpc) is 2.67. The Morgan fingerprint density at radius 2 is 2.00 bits per heavy atom. The number of aliphatic carboxylic acids is 1. The van der Waals surface area contributed by atoms with E-state index >= 15 is 0 Å². The zero-order chi connectivity index (χ0) is 11.8. The van der Waals surface area contributed by atoms with E-state index in [1.807, 2.05) is 12.1 Å². The Bertz CT molecular complexity index is 425. The van der Waals surface area contributed by atoms with Gasteiger partial charge >= 0.3 is 5.97 Å². The molecule has 0 aromatic heterocycles. The van der Waals surface area contributed by atoms with Crippen LogP contribution < -0.4 is 0 Å². The van der Waals surface area contributed by atoms with E-state index in [9.17, 15) is 9.90 Å². The van der Waals surface area contributed by atoms with Crippen LogP contribution in [-0.4, -0.2) is 11.1 Å². The molecule has 0 bridgehead atoms. The topological polar surface area (TPSA) is 37.3 Å². The highest BCUT2D eigenvalue weighted by molar-refractivity contribution is 9.10. The van der Waals surface area contributed by atoms with Gasteiger partial charge in [0.15, 0.2) is 0 Å². The predicted molar refractivity (Wildman–Crippen MR) is 66.9 cm³/mol. The first-order valence-electron chi connectivity index (χ1n) is 5.25. The van der Waals surface area contributed by atoms with Gasteiger partial charge in [-0.2, -0.15) is 0 Å². The number of carboxylic acids is 1. The molecule has 1 saturated carbocycles. The maximum atomic E-state index is 11.5. The van der Waals surface area contributed by atoms with Gasteiger partial charge in [-0.3, -0.25) is 4.79 Å². The van der Waals surface area contributed by atoms with Gasteiger partial charge in [0, 0.05) is 9.50 Å². The molecule has 0 spiro atoms. The Morgan fingerprint density at radius 1 is 1.38 bits per heavy atom. The summed E-state index contributed by atoms with van der Waals surface area (Å²) in [5.74, 6) is -0.755. The second-order valence-electron chi connectivity index (χ2n) is 4.22. The smallest absolute Gasteiger partial charge is 0.314 e. The van der Waals surface area contributed by atoms with E-state index < -0.39 is 11.4 Å². The van der Waals surface area contributed by atoms with Crippen LogP contribution in [0.1, 0.15) is 31.2 Å². The van der Waals surface area contributed by atoms with Crippen molar-refractivity contribution >= 4 is 33.5 Å². The molecule has 0 atom stereocenters. The minimum absolute atomic E-state index is 0.540. The van der Waals surface area contributed by atoms with Gasteiger partial charge in [0.1, 0.15) is 0 Å². The van der Waals surface area contributed by atoms with Gasteiger partial charge in [-0.15, -0.1) is 0 Å². The molecule has 0 saturated heterocycles. The predicted octanol–water partition coefficient (Wildman–Crippen LogP) is 4.00. The number of rotatable bonds is 2. The number of hydrogen-bond donors (Lipinski definition) is 1. The quantitative estimate of drug-likeness (QED) is 0.896. The molecule has 4 heteroatoms. The Labute approximate surface area is 108 Å². The summed E-state index contributed by atoms with van der Waals surface area (Å²) in [5, 5.41) is 9.98. The maximum absolute atomic E-state index is 11.5. The lowest BCUT2D eigenvalue weighted by Crippen LogP contribution is -2.32. The third-order valence-electron chi connectivity index (χ3n) is 3.31. The molecular weight excluding hydrogens is 291 g/mol. The molecule has 2 rings (SSSR count). The summed E-state index contributed by atoms with van der Waals surface area (Å²) in [5.41, 5.74) is -0.0139. The van der Waals surface area contributed by atoms with E-state index in [-0.39, 0.29) is 0 Å². The van der Waals surface area contributed by atoms with E-state index in [0.717, 1.165) is 22.9 Å². The molecular formula is C12H12BrClO2. The lowest BCUT2D eigenvalue weighted by Gasteiger charge is -2.25. The zero-order valence-electron chi connectivity index (χ0n) is 8.67. The van der Waals surface area contributed by atoms with Gasteiger partial charge < -0.3 is 5.11 Å². The van der Waals surface area contributed by atoms with Crippen LogP contribution in [0.25, 0.3) is 0 Å². The van der Waals surface area contributed by atoms with Crippen molar-refractivity contribution < 1.29 is 9.90 Å². The first-order chi connectivity index (χ1) is 7.56. The van der Waals surface area contributed by atoms with E-state index in [1.165, 1.54) is 0 Å². The summed E-state index contributed by atoms with van der Waals surface area (Å²) >= 11 is 9.48. The molecule has 16 heavy (non-hydrogen) atoms. The van der Waals surface area contributed by atoms with Crippen molar-refractivity contribution in [2.75, 3.05) is 0 Å². The van der Waals surface area contributed by atoms with Crippen LogP contribution in [0.4, 0.5) is 0 Å². The molecule has 0 aliphatic heterocycles. The number of benzene rings is 1. The summed E-state index contributed by atoms with van der Waals surface area (Å²) in [6, 6.07) is 5.44. The molecule has 0 amide bonds. The van der Waals surface area contributed by atoms with E-state index in [4.69, 9.17) is 11.6 Å². The van der Waals surface area contributed by atoms with Crippen LogP contribution >= 0.6 is 27.5 Å². The molecule has 0 heterocycles. The summed E-state index contributed by atoms with van der Waals surface area (Å²) in [7, 11) is 0. The lowest BCUT2D eigenvalue weighted by atomic mass is 9.79. The molecule has 1 aromatic carbocycles. The van der Waals surface area contributed by atoms with Crippen LogP contribution in [-0.2, 0) is 10.2 Å². The normalized spacial score (nSPS) is 18.6. The molecule has 86 valence electrons. The number of hydrogen-bond acceptors (Lipinski definition) is 1. The van der Waals surface area contributed by atoms with Crippen LogP contribution in [0.3, 0.4) is 0 Å². The lowest BCUT2D eigenvalue weighted by molar-refractivity contribution is -0.143. The summed E-state index contributed by atoms with van der Waals surface area (Å²) < 4.78 is 0.875. The Morgan fingerprint density at radius 3 is 2.50 bits per heavy atom. The molecule has 1 fully saturated rings. The van der Waals surface area contributed by atoms with Crippen molar-refractivity contribution in [3.8, 4) is 0 Å². The van der Waals surface area contributed by atoms with Gasteiger partial charge in [0.05, 0.1) is 5.41 Å². The van der Waals surface area contributed by atoms with Crippen LogP contribution in [0.5, 0.6) is 0 Å². The molecule has 1 aromatic rings. The minimum atomic E-state index is -0.766. The number of carboxylic acid groups (broad SMARTS) is 1. The Balaban J connectivity index is 2.51. The van der Waals surface area contributed by atoms with Crippen molar-refractivity contribution in [2.24, 2.45) is 0 Å². The standard InChI is InChI=1S/C12H12BrClO2/c13-8-3-4-9(10(14)7-8)12(11(15)16)5-1-2-6-12/h3-4,7H,1-2,5-6H2,(H,15,16). The fourth-order valence-electron chi connectivity index (χ4n) is 2.45. The SMILES string of the molecule is O=C(O)C1(c2ccc(Br)cc2Cl)CCCC1. The van der Waals surface area contributed by atoms with Crippen LogP contribution in [0, 0.1) is 0 Å². The van der Waals surface area contributed by atoms with E-state index in [1.54, 1.807) is 6.07 Å². The van der Waals surface area contributed by atoms with Crippen molar-refractivity contribution in [1.29, 1.82) is 0 Å². The van der Waals surface area contributed by atoms with Crippen molar-refractivity contribution in [3.05, 3.63) is 33.3 Å².